The number of hydrogen-bond acceptors (Lipinski definition) is 6. The molecule has 26 heavy (non-hydrogen) atoms. The van der Waals surface area contributed by atoms with Gasteiger partial charge in [-0.25, -0.2) is 4.79 Å². The van der Waals surface area contributed by atoms with Gasteiger partial charge in [0.15, 0.2) is 23.9 Å². The zero-order chi connectivity index (χ0) is 18.1. The Bertz CT molecular complexity index is 1010. The molecule has 2 aromatic carbocycles. The van der Waals surface area contributed by atoms with E-state index < -0.39 is 12.6 Å². The van der Waals surface area contributed by atoms with Gasteiger partial charge in [-0.15, -0.1) is 0 Å². The number of ether oxygens (including phenoxy) is 3. The molecule has 7 heteroatoms. The standard InChI is InChI=1S/C19H13ClO6/c20-13-2-4-15-12(7-13)9-18(26-15)19(22)25-10-14(21)11-1-3-16-17(8-11)24-6-5-23-16/h1-4,7-9H,5-6,10H2. The SMILES string of the molecule is O=C(COC(=O)c1cc2cc(Cl)ccc2o1)c1ccc2c(c1)OCCO2. The van der Waals surface area contributed by atoms with Crippen LogP contribution in [-0.4, -0.2) is 31.6 Å². The fraction of sp³-hybridized carbons (Fsp3) is 0.158. The van der Waals surface area contributed by atoms with Crippen molar-refractivity contribution in [1.29, 1.82) is 0 Å². The van der Waals surface area contributed by atoms with Gasteiger partial charge in [-0.05, 0) is 42.5 Å². The van der Waals surface area contributed by atoms with Crippen molar-refractivity contribution in [3.63, 3.8) is 0 Å². The quantitative estimate of drug-likeness (QED) is 0.510. The Kier molecular flexibility index (Phi) is 4.26. The summed E-state index contributed by atoms with van der Waals surface area (Å²) < 4.78 is 21.3. The van der Waals surface area contributed by atoms with E-state index in [0.717, 1.165) is 0 Å². The molecule has 1 aliphatic rings. The maximum atomic E-state index is 12.3. The number of benzene rings is 2. The first-order valence-electron chi connectivity index (χ1n) is 7.89. The average Bonchev–Trinajstić information content (AvgIpc) is 3.08. The molecular formula is C19H13ClO6. The number of esters is 1. The number of hydrogen-bond donors (Lipinski definition) is 0. The number of fused-ring (bicyclic) bond motifs is 2. The molecule has 0 bridgehead atoms. The van der Waals surface area contributed by atoms with Gasteiger partial charge >= 0.3 is 5.97 Å². The summed E-state index contributed by atoms with van der Waals surface area (Å²) in [6, 6.07) is 11.4. The lowest BCUT2D eigenvalue weighted by Crippen LogP contribution is -2.17. The van der Waals surface area contributed by atoms with Gasteiger partial charge in [0, 0.05) is 16.0 Å². The van der Waals surface area contributed by atoms with Crippen molar-refractivity contribution in [3.05, 3.63) is 58.8 Å². The van der Waals surface area contributed by atoms with Crippen LogP contribution in [0, 0.1) is 0 Å². The highest BCUT2D eigenvalue weighted by Crippen LogP contribution is 2.31. The summed E-state index contributed by atoms with van der Waals surface area (Å²) in [5.74, 6) is 0.0308. The van der Waals surface area contributed by atoms with E-state index in [4.69, 9.17) is 30.2 Å². The Balaban J connectivity index is 1.44. The van der Waals surface area contributed by atoms with Crippen LogP contribution < -0.4 is 9.47 Å². The second-order valence-electron chi connectivity index (χ2n) is 5.65. The molecule has 0 unspecified atom stereocenters. The Morgan fingerprint density at radius 3 is 2.65 bits per heavy atom. The predicted molar refractivity (Wildman–Crippen MR) is 93.3 cm³/mol. The third kappa shape index (κ3) is 3.23. The van der Waals surface area contributed by atoms with Gasteiger partial charge in [0.1, 0.15) is 18.8 Å². The minimum absolute atomic E-state index is 0.0113. The van der Waals surface area contributed by atoms with Gasteiger partial charge in [0.2, 0.25) is 5.76 Å². The van der Waals surface area contributed by atoms with Crippen molar-refractivity contribution in [2.45, 2.75) is 0 Å². The molecule has 0 N–H and O–H groups in total. The Morgan fingerprint density at radius 2 is 1.81 bits per heavy atom. The van der Waals surface area contributed by atoms with Gasteiger partial charge < -0.3 is 18.6 Å². The summed E-state index contributed by atoms with van der Waals surface area (Å²) in [4.78, 5) is 24.4. The number of Topliss-reactive ketones (excluding diaryl/α,β-unsaturated/α-hetero) is 1. The molecule has 1 aliphatic heterocycles. The van der Waals surface area contributed by atoms with E-state index in [-0.39, 0.29) is 11.5 Å². The Labute approximate surface area is 153 Å². The smallest absolute Gasteiger partial charge is 0.374 e. The highest BCUT2D eigenvalue weighted by molar-refractivity contribution is 6.31. The zero-order valence-corrected chi connectivity index (χ0v) is 14.2. The maximum absolute atomic E-state index is 12.3. The topological polar surface area (TPSA) is 75.0 Å². The summed E-state index contributed by atoms with van der Waals surface area (Å²) in [5.41, 5.74) is 0.887. The van der Waals surface area contributed by atoms with Gasteiger partial charge in [-0.2, -0.15) is 0 Å². The molecule has 0 aliphatic carbocycles. The average molecular weight is 373 g/mol. The molecule has 0 atom stereocenters. The van der Waals surface area contributed by atoms with Crippen LogP contribution in [-0.2, 0) is 4.74 Å². The lowest BCUT2D eigenvalue weighted by Gasteiger charge is -2.18. The number of carbonyl (C=O) groups is 2. The molecule has 1 aromatic heterocycles. The minimum Gasteiger partial charge on any atom is -0.486 e. The first-order valence-corrected chi connectivity index (χ1v) is 8.27. The van der Waals surface area contributed by atoms with Gasteiger partial charge in [0.05, 0.1) is 0 Å². The first kappa shape index (κ1) is 16.5. The maximum Gasteiger partial charge on any atom is 0.374 e. The summed E-state index contributed by atoms with van der Waals surface area (Å²) >= 11 is 5.91. The predicted octanol–water partition coefficient (Wildman–Crippen LogP) is 3.90. The molecule has 6 nitrogen and oxygen atoms in total. The van der Waals surface area contributed by atoms with Crippen molar-refractivity contribution in [3.8, 4) is 11.5 Å². The van der Waals surface area contributed by atoms with E-state index in [2.05, 4.69) is 0 Å². The van der Waals surface area contributed by atoms with E-state index in [1.54, 1.807) is 36.4 Å². The Hall–Kier alpha value is -2.99. The molecule has 4 rings (SSSR count). The van der Waals surface area contributed by atoms with Crippen molar-refractivity contribution in [2.75, 3.05) is 19.8 Å². The minimum atomic E-state index is -0.719. The van der Waals surface area contributed by atoms with E-state index >= 15 is 0 Å². The summed E-state index contributed by atoms with van der Waals surface area (Å²) in [7, 11) is 0. The number of rotatable bonds is 4. The molecule has 0 radical (unpaired) electrons. The number of carbonyl (C=O) groups excluding carboxylic acids is 2. The molecule has 2 heterocycles. The van der Waals surface area contributed by atoms with Crippen molar-refractivity contribution >= 4 is 34.3 Å². The van der Waals surface area contributed by atoms with Gasteiger partial charge in [0.25, 0.3) is 0 Å². The second-order valence-corrected chi connectivity index (χ2v) is 6.09. The van der Waals surface area contributed by atoms with Crippen molar-refractivity contribution < 1.29 is 28.2 Å². The molecule has 0 saturated heterocycles. The molecule has 0 saturated carbocycles. The van der Waals surface area contributed by atoms with E-state index in [1.165, 1.54) is 6.07 Å². The lowest BCUT2D eigenvalue weighted by atomic mass is 10.1. The van der Waals surface area contributed by atoms with Crippen molar-refractivity contribution in [2.24, 2.45) is 0 Å². The van der Waals surface area contributed by atoms with Crippen LogP contribution in [0.15, 0.2) is 46.9 Å². The molecule has 132 valence electrons. The van der Waals surface area contributed by atoms with E-state index in [9.17, 15) is 9.59 Å². The highest BCUT2D eigenvalue weighted by Gasteiger charge is 2.18. The van der Waals surface area contributed by atoms with Crippen LogP contribution in [0.5, 0.6) is 11.5 Å². The zero-order valence-electron chi connectivity index (χ0n) is 13.5. The van der Waals surface area contributed by atoms with E-state index in [1.807, 2.05) is 0 Å². The van der Waals surface area contributed by atoms with Crippen LogP contribution in [0.4, 0.5) is 0 Å². The van der Waals surface area contributed by atoms with Crippen molar-refractivity contribution in [1.82, 2.24) is 0 Å². The third-order valence-corrected chi connectivity index (χ3v) is 4.11. The third-order valence-electron chi connectivity index (χ3n) is 3.88. The highest BCUT2D eigenvalue weighted by atomic mass is 35.5. The number of halogens is 1. The van der Waals surface area contributed by atoms with Gasteiger partial charge in [-0.1, -0.05) is 11.6 Å². The van der Waals surface area contributed by atoms with Crippen LogP contribution in [0.2, 0.25) is 5.02 Å². The van der Waals surface area contributed by atoms with Crippen LogP contribution in [0.3, 0.4) is 0 Å². The van der Waals surface area contributed by atoms with E-state index in [0.29, 0.717) is 46.3 Å². The molecule has 3 aromatic rings. The molecular weight excluding hydrogens is 360 g/mol. The van der Waals surface area contributed by atoms with Crippen LogP contribution in [0.25, 0.3) is 11.0 Å². The largest absolute Gasteiger partial charge is 0.486 e. The van der Waals surface area contributed by atoms with Crippen LogP contribution in [0.1, 0.15) is 20.9 Å². The fourth-order valence-corrected chi connectivity index (χ4v) is 2.80. The molecule has 0 spiro atoms. The first-order chi connectivity index (χ1) is 12.6. The van der Waals surface area contributed by atoms with Gasteiger partial charge in [-0.3, -0.25) is 4.79 Å². The molecule has 0 fully saturated rings. The molecule has 0 amide bonds. The fourth-order valence-electron chi connectivity index (χ4n) is 2.62. The summed E-state index contributed by atoms with van der Waals surface area (Å²) in [6.45, 7) is 0.493. The number of ketones is 1. The summed E-state index contributed by atoms with van der Waals surface area (Å²) in [6.07, 6.45) is 0. The number of furan rings is 1. The Morgan fingerprint density at radius 1 is 1.00 bits per heavy atom. The summed E-state index contributed by atoms with van der Waals surface area (Å²) in [5, 5.41) is 1.22. The lowest BCUT2D eigenvalue weighted by molar-refractivity contribution is 0.0446. The monoisotopic (exact) mass is 372 g/mol. The normalized spacial score (nSPS) is 12.8. The second kappa shape index (κ2) is 6.72. The van der Waals surface area contributed by atoms with Crippen LogP contribution >= 0.6 is 11.6 Å².